The third kappa shape index (κ3) is 5.02. The normalized spacial score (nSPS) is 12.3. The van der Waals surface area contributed by atoms with Crippen LogP contribution in [0.5, 0.6) is 0 Å². The second-order valence-corrected chi connectivity index (χ2v) is 8.76. The summed E-state index contributed by atoms with van der Waals surface area (Å²) in [4.78, 5) is 11.9. The number of hydrogen-bond donors (Lipinski definition) is 1. The summed E-state index contributed by atoms with van der Waals surface area (Å²) in [7, 11) is 1.27. The van der Waals surface area contributed by atoms with Gasteiger partial charge in [0.15, 0.2) is 0 Å². The molecule has 0 radical (unpaired) electrons. The molecule has 1 aromatic rings. The first kappa shape index (κ1) is 18.6. The van der Waals surface area contributed by atoms with Crippen molar-refractivity contribution in [3.8, 4) is 0 Å². The van der Waals surface area contributed by atoms with E-state index in [9.17, 15) is 13.2 Å². The van der Waals surface area contributed by atoms with E-state index in [2.05, 4.69) is 5.32 Å². The fraction of sp³-hybridized carbons (Fsp3) is 0.462. The number of hydrogen-bond acceptors (Lipinski definition) is 3. The Bertz CT molecular complexity index is 657. The van der Waals surface area contributed by atoms with E-state index >= 15 is 0 Å². The van der Waals surface area contributed by atoms with Crippen molar-refractivity contribution in [2.45, 2.75) is 32.1 Å². The lowest BCUT2D eigenvalue weighted by Gasteiger charge is -2.23. The highest BCUT2D eigenvalue weighted by atomic mass is 35.7. The van der Waals surface area contributed by atoms with E-state index in [-0.39, 0.29) is 25.9 Å². The number of benzene rings is 1. The Morgan fingerprint density at radius 2 is 1.86 bits per heavy atom. The molecule has 0 aromatic heterocycles. The summed E-state index contributed by atoms with van der Waals surface area (Å²) in [6.45, 7) is 6.44. The van der Waals surface area contributed by atoms with Crippen LogP contribution in [0.3, 0.4) is 0 Å². The van der Waals surface area contributed by atoms with E-state index in [0.29, 0.717) is 6.54 Å². The van der Waals surface area contributed by atoms with Gasteiger partial charge in [0.05, 0.1) is 20.5 Å². The van der Waals surface area contributed by atoms with E-state index in [1.165, 1.54) is 0 Å². The molecule has 0 aliphatic heterocycles. The standard InChI is InChI=1S/C13H16Cl3NO3S/c1-4-13(2,3)7-17-12(18)9-5-8(21(16,19)20)6-10(14)11(9)15/h5-6H,4,7H2,1-3H3,(H,17,18). The predicted octanol–water partition coefficient (Wildman–Crippen LogP) is 4.09. The quantitative estimate of drug-likeness (QED) is 0.792. The predicted molar refractivity (Wildman–Crippen MR) is 85.9 cm³/mol. The van der Waals surface area contributed by atoms with E-state index in [4.69, 9.17) is 33.9 Å². The number of halogens is 3. The number of nitrogens with one attached hydrogen (secondary N) is 1. The molecule has 0 unspecified atom stereocenters. The van der Waals surface area contributed by atoms with Crippen molar-refractivity contribution in [3.05, 3.63) is 27.7 Å². The van der Waals surface area contributed by atoms with Gasteiger partial charge in [-0.25, -0.2) is 8.42 Å². The average Bonchev–Trinajstić information content (AvgIpc) is 2.38. The van der Waals surface area contributed by atoms with Crippen LogP contribution >= 0.6 is 33.9 Å². The van der Waals surface area contributed by atoms with Crippen molar-refractivity contribution in [2.75, 3.05) is 6.54 Å². The molecule has 1 aromatic carbocycles. The molecule has 0 heterocycles. The molecular formula is C13H16Cl3NO3S. The van der Waals surface area contributed by atoms with Gasteiger partial charge in [-0.2, -0.15) is 0 Å². The second-order valence-electron chi connectivity index (χ2n) is 5.40. The fourth-order valence-electron chi connectivity index (χ4n) is 1.41. The molecule has 0 aliphatic rings. The molecular weight excluding hydrogens is 357 g/mol. The molecule has 8 heteroatoms. The third-order valence-corrected chi connectivity index (χ3v) is 5.35. The molecule has 21 heavy (non-hydrogen) atoms. The molecule has 0 spiro atoms. The highest BCUT2D eigenvalue weighted by Gasteiger charge is 2.22. The van der Waals surface area contributed by atoms with Crippen LogP contribution in [0.15, 0.2) is 17.0 Å². The first-order valence-electron chi connectivity index (χ1n) is 6.20. The molecule has 1 amide bonds. The van der Waals surface area contributed by atoms with Crippen molar-refractivity contribution in [2.24, 2.45) is 5.41 Å². The van der Waals surface area contributed by atoms with Gasteiger partial charge >= 0.3 is 0 Å². The molecule has 0 saturated heterocycles. The molecule has 0 fully saturated rings. The van der Waals surface area contributed by atoms with Gasteiger partial charge in [-0.05, 0) is 24.0 Å². The molecule has 1 rings (SSSR count). The molecule has 0 aliphatic carbocycles. The molecule has 0 atom stereocenters. The third-order valence-electron chi connectivity index (χ3n) is 3.21. The minimum Gasteiger partial charge on any atom is -0.351 e. The Morgan fingerprint density at radius 1 is 1.29 bits per heavy atom. The smallest absolute Gasteiger partial charge is 0.261 e. The van der Waals surface area contributed by atoms with Gasteiger partial charge in [0, 0.05) is 17.2 Å². The van der Waals surface area contributed by atoms with Gasteiger partial charge < -0.3 is 5.32 Å². The van der Waals surface area contributed by atoms with Crippen LogP contribution in [0.1, 0.15) is 37.6 Å². The fourth-order valence-corrected chi connectivity index (χ4v) is 2.67. The lowest BCUT2D eigenvalue weighted by Crippen LogP contribution is -2.33. The van der Waals surface area contributed by atoms with Crippen LogP contribution < -0.4 is 5.32 Å². The van der Waals surface area contributed by atoms with Crippen molar-refractivity contribution < 1.29 is 13.2 Å². The van der Waals surface area contributed by atoms with Crippen LogP contribution in [-0.4, -0.2) is 20.9 Å². The average molecular weight is 373 g/mol. The maximum Gasteiger partial charge on any atom is 0.261 e. The summed E-state index contributed by atoms with van der Waals surface area (Å²) in [6, 6.07) is 2.23. The summed E-state index contributed by atoms with van der Waals surface area (Å²) < 4.78 is 22.7. The zero-order chi connectivity index (χ0) is 16.4. The zero-order valence-electron chi connectivity index (χ0n) is 11.8. The van der Waals surface area contributed by atoms with Crippen LogP contribution in [0.2, 0.25) is 10.0 Å². The van der Waals surface area contributed by atoms with Gasteiger partial charge in [-0.1, -0.05) is 44.0 Å². The van der Waals surface area contributed by atoms with Crippen molar-refractivity contribution in [1.82, 2.24) is 5.32 Å². The summed E-state index contributed by atoms with van der Waals surface area (Å²) >= 11 is 11.8. The molecule has 0 saturated carbocycles. The Labute approximate surface area is 139 Å². The van der Waals surface area contributed by atoms with Crippen LogP contribution in [0.25, 0.3) is 0 Å². The minimum atomic E-state index is -4.00. The lowest BCUT2D eigenvalue weighted by molar-refractivity contribution is 0.0935. The summed E-state index contributed by atoms with van der Waals surface area (Å²) in [6.07, 6.45) is 0.873. The Hall–Kier alpha value is -0.490. The van der Waals surface area contributed by atoms with Gasteiger partial charge in [0.25, 0.3) is 15.0 Å². The van der Waals surface area contributed by atoms with Crippen molar-refractivity contribution in [1.29, 1.82) is 0 Å². The lowest BCUT2D eigenvalue weighted by atomic mass is 9.90. The van der Waals surface area contributed by atoms with E-state index < -0.39 is 15.0 Å². The molecule has 0 bridgehead atoms. The van der Waals surface area contributed by atoms with Gasteiger partial charge in [-0.15, -0.1) is 0 Å². The van der Waals surface area contributed by atoms with E-state index in [1.54, 1.807) is 0 Å². The first-order chi connectivity index (χ1) is 9.48. The highest BCUT2D eigenvalue weighted by Crippen LogP contribution is 2.31. The summed E-state index contributed by atoms with van der Waals surface area (Å²) in [5, 5.41) is 2.67. The minimum absolute atomic E-state index is 0.00691. The SMILES string of the molecule is CCC(C)(C)CNC(=O)c1cc(S(=O)(=O)Cl)cc(Cl)c1Cl. The monoisotopic (exact) mass is 371 g/mol. The maximum absolute atomic E-state index is 12.2. The van der Waals surface area contributed by atoms with E-state index in [0.717, 1.165) is 18.6 Å². The first-order valence-corrected chi connectivity index (χ1v) is 9.26. The van der Waals surface area contributed by atoms with Crippen LogP contribution in [-0.2, 0) is 9.05 Å². The molecule has 118 valence electrons. The molecule has 4 nitrogen and oxygen atoms in total. The Kier molecular flexibility index (Phi) is 5.95. The second kappa shape index (κ2) is 6.73. The van der Waals surface area contributed by atoms with Gasteiger partial charge in [-0.3, -0.25) is 4.79 Å². The van der Waals surface area contributed by atoms with Crippen molar-refractivity contribution in [3.63, 3.8) is 0 Å². The topological polar surface area (TPSA) is 63.2 Å². The largest absolute Gasteiger partial charge is 0.351 e. The summed E-state index contributed by atoms with van der Waals surface area (Å²) in [5.74, 6) is -0.495. The Morgan fingerprint density at radius 3 is 2.33 bits per heavy atom. The van der Waals surface area contributed by atoms with Crippen LogP contribution in [0.4, 0.5) is 0 Å². The number of rotatable bonds is 5. The number of carbonyl (C=O) groups excluding carboxylic acids is 1. The number of amides is 1. The zero-order valence-corrected chi connectivity index (χ0v) is 14.9. The number of carbonyl (C=O) groups is 1. The highest BCUT2D eigenvalue weighted by molar-refractivity contribution is 8.13. The Balaban J connectivity index is 3.13. The van der Waals surface area contributed by atoms with Gasteiger partial charge in [0.2, 0.25) is 0 Å². The molecule has 1 N–H and O–H groups in total. The van der Waals surface area contributed by atoms with Gasteiger partial charge in [0.1, 0.15) is 0 Å². The van der Waals surface area contributed by atoms with Crippen molar-refractivity contribution >= 4 is 48.8 Å². The summed E-state index contributed by atoms with van der Waals surface area (Å²) in [5.41, 5.74) is -0.0995. The van der Waals surface area contributed by atoms with Crippen LogP contribution in [0, 0.1) is 5.41 Å². The maximum atomic E-state index is 12.2. The van der Waals surface area contributed by atoms with E-state index in [1.807, 2.05) is 20.8 Å².